The number of rotatable bonds is 5. The van der Waals surface area contributed by atoms with Gasteiger partial charge in [0, 0.05) is 40.4 Å². The van der Waals surface area contributed by atoms with Gasteiger partial charge in [0.25, 0.3) is 0 Å². The molecule has 18 heavy (non-hydrogen) atoms. The summed E-state index contributed by atoms with van der Waals surface area (Å²) in [6.07, 6.45) is 2.60. The van der Waals surface area contributed by atoms with Crippen LogP contribution in [0.5, 0.6) is 0 Å². The van der Waals surface area contributed by atoms with Crippen molar-refractivity contribution in [2.24, 2.45) is 0 Å². The van der Waals surface area contributed by atoms with E-state index in [1.165, 1.54) is 0 Å². The molecule has 0 aliphatic heterocycles. The maximum atomic E-state index is 10.9. The second-order valence-electron chi connectivity index (χ2n) is 4.21. The Balaban J connectivity index is 2.01. The first-order valence-corrected chi connectivity index (χ1v) is 7.58. The molecule has 5 heteroatoms. The standard InChI is InChI=1S/C13H17N3OS/c1-18(17)8-2-7-15-13-6-3-10-9-11(14)4-5-12(10)16-13/h3-6,9H,2,7-8,14H2,1H3,(H,15,16). The van der Waals surface area contributed by atoms with Crippen molar-refractivity contribution in [1.82, 2.24) is 4.98 Å². The fourth-order valence-electron chi connectivity index (χ4n) is 1.73. The lowest BCUT2D eigenvalue weighted by molar-refractivity contribution is 0.685. The zero-order valence-electron chi connectivity index (χ0n) is 10.3. The average molecular weight is 263 g/mol. The molecule has 4 nitrogen and oxygen atoms in total. The Bertz CT molecular complexity index is 571. The molecule has 1 heterocycles. The molecule has 0 fully saturated rings. The Hall–Kier alpha value is -1.62. The maximum absolute atomic E-state index is 10.9. The number of hydrogen-bond acceptors (Lipinski definition) is 4. The van der Waals surface area contributed by atoms with E-state index < -0.39 is 10.8 Å². The highest BCUT2D eigenvalue weighted by molar-refractivity contribution is 7.84. The van der Waals surface area contributed by atoms with Gasteiger partial charge in [-0.2, -0.15) is 0 Å². The molecule has 2 rings (SSSR count). The minimum absolute atomic E-state index is 0.719. The predicted molar refractivity (Wildman–Crippen MR) is 78.2 cm³/mol. The van der Waals surface area contributed by atoms with Gasteiger partial charge in [-0.15, -0.1) is 0 Å². The zero-order chi connectivity index (χ0) is 13.0. The Kier molecular flexibility index (Phi) is 4.15. The van der Waals surface area contributed by atoms with Crippen LogP contribution in [0.3, 0.4) is 0 Å². The number of hydrogen-bond donors (Lipinski definition) is 2. The number of nitrogens with one attached hydrogen (secondary N) is 1. The van der Waals surface area contributed by atoms with Gasteiger partial charge in [0.1, 0.15) is 5.82 Å². The molecule has 0 bridgehead atoms. The Morgan fingerprint density at radius 1 is 1.33 bits per heavy atom. The third-order valence-corrected chi connectivity index (χ3v) is 3.49. The predicted octanol–water partition coefficient (Wildman–Crippen LogP) is 2.00. The smallest absolute Gasteiger partial charge is 0.126 e. The van der Waals surface area contributed by atoms with Gasteiger partial charge in [0.05, 0.1) is 5.52 Å². The highest BCUT2D eigenvalue weighted by atomic mass is 32.2. The summed E-state index contributed by atoms with van der Waals surface area (Å²) in [5.41, 5.74) is 7.39. The molecule has 0 aliphatic rings. The van der Waals surface area contributed by atoms with Crippen LogP contribution in [0.4, 0.5) is 11.5 Å². The lowest BCUT2D eigenvalue weighted by atomic mass is 10.2. The van der Waals surface area contributed by atoms with Crippen molar-refractivity contribution in [3.63, 3.8) is 0 Å². The van der Waals surface area contributed by atoms with Gasteiger partial charge in [0.2, 0.25) is 0 Å². The first-order chi connectivity index (χ1) is 8.65. The zero-order valence-corrected chi connectivity index (χ0v) is 11.2. The summed E-state index contributed by atoms with van der Waals surface area (Å²) in [5.74, 6) is 1.56. The van der Waals surface area contributed by atoms with E-state index in [1.54, 1.807) is 6.26 Å². The third-order valence-electron chi connectivity index (χ3n) is 2.63. The molecule has 0 aliphatic carbocycles. The number of nitrogen functional groups attached to an aromatic ring is 1. The number of pyridine rings is 1. The van der Waals surface area contributed by atoms with E-state index in [2.05, 4.69) is 10.3 Å². The van der Waals surface area contributed by atoms with E-state index in [0.29, 0.717) is 0 Å². The molecular weight excluding hydrogens is 246 g/mol. The Labute approximate surface area is 109 Å². The SMILES string of the molecule is CS(=O)CCCNc1ccc2cc(N)ccc2n1. The summed E-state index contributed by atoms with van der Waals surface area (Å²) in [5, 5.41) is 4.27. The largest absolute Gasteiger partial charge is 0.399 e. The van der Waals surface area contributed by atoms with E-state index in [0.717, 1.165) is 41.1 Å². The first-order valence-electron chi connectivity index (χ1n) is 5.85. The van der Waals surface area contributed by atoms with Gasteiger partial charge in [-0.1, -0.05) is 0 Å². The lowest BCUT2D eigenvalue weighted by Gasteiger charge is -2.06. The van der Waals surface area contributed by atoms with E-state index in [-0.39, 0.29) is 0 Å². The van der Waals surface area contributed by atoms with Crippen LogP contribution in [-0.4, -0.2) is 27.7 Å². The highest BCUT2D eigenvalue weighted by Gasteiger charge is 1.99. The minimum Gasteiger partial charge on any atom is -0.399 e. The molecule has 1 atom stereocenters. The summed E-state index contributed by atoms with van der Waals surface area (Å²) in [6, 6.07) is 9.60. The third kappa shape index (κ3) is 3.43. The van der Waals surface area contributed by atoms with Gasteiger partial charge in [-0.3, -0.25) is 4.21 Å². The molecule has 0 spiro atoms. The number of nitrogens with two attached hydrogens (primary N) is 1. The van der Waals surface area contributed by atoms with Gasteiger partial charge >= 0.3 is 0 Å². The number of fused-ring (bicyclic) bond motifs is 1. The summed E-state index contributed by atoms with van der Waals surface area (Å²) in [6.45, 7) is 0.785. The molecule has 1 aromatic carbocycles. The van der Waals surface area contributed by atoms with Crippen LogP contribution < -0.4 is 11.1 Å². The van der Waals surface area contributed by atoms with Crippen LogP contribution in [0.2, 0.25) is 0 Å². The molecule has 0 amide bonds. The second-order valence-corrected chi connectivity index (χ2v) is 5.76. The highest BCUT2D eigenvalue weighted by Crippen LogP contribution is 2.17. The number of aromatic nitrogens is 1. The minimum atomic E-state index is -0.723. The van der Waals surface area contributed by atoms with Crippen molar-refractivity contribution in [1.29, 1.82) is 0 Å². The molecule has 1 unspecified atom stereocenters. The van der Waals surface area contributed by atoms with E-state index >= 15 is 0 Å². The molecule has 0 radical (unpaired) electrons. The summed E-state index contributed by atoms with van der Waals surface area (Å²) in [4.78, 5) is 4.49. The summed E-state index contributed by atoms with van der Waals surface area (Å²) in [7, 11) is -0.723. The summed E-state index contributed by atoms with van der Waals surface area (Å²) >= 11 is 0. The van der Waals surface area contributed by atoms with E-state index in [1.807, 2.05) is 30.3 Å². The Morgan fingerprint density at radius 3 is 2.94 bits per heavy atom. The van der Waals surface area contributed by atoms with E-state index in [4.69, 9.17) is 5.73 Å². The van der Waals surface area contributed by atoms with Crippen LogP contribution in [0.1, 0.15) is 6.42 Å². The van der Waals surface area contributed by atoms with Crippen molar-refractivity contribution in [3.8, 4) is 0 Å². The van der Waals surface area contributed by atoms with Crippen molar-refractivity contribution in [2.45, 2.75) is 6.42 Å². The Morgan fingerprint density at radius 2 is 2.17 bits per heavy atom. The van der Waals surface area contributed by atoms with Crippen molar-refractivity contribution >= 4 is 33.2 Å². The second kappa shape index (κ2) is 5.82. The lowest BCUT2D eigenvalue weighted by Crippen LogP contribution is -2.07. The number of anilines is 2. The average Bonchev–Trinajstić information content (AvgIpc) is 2.34. The monoisotopic (exact) mass is 263 g/mol. The van der Waals surface area contributed by atoms with Crippen LogP contribution in [0.25, 0.3) is 10.9 Å². The maximum Gasteiger partial charge on any atom is 0.126 e. The van der Waals surface area contributed by atoms with Gasteiger partial charge in [-0.25, -0.2) is 4.98 Å². The van der Waals surface area contributed by atoms with Crippen molar-refractivity contribution in [3.05, 3.63) is 30.3 Å². The molecule has 2 aromatic rings. The fourth-order valence-corrected chi connectivity index (χ4v) is 2.29. The van der Waals surface area contributed by atoms with E-state index in [9.17, 15) is 4.21 Å². The molecule has 3 N–H and O–H groups in total. The molecular formula is C13H17N3OS. The normalized spacial score (nSPS) is 12.5. The summed E-state index contributed by atoms with van der Waals surface area (Å²) < 4.78 is 10.9. The molecule has 0 saturated heterocycles. The molecule has 1 aromatic heterocycles. The van der Waals surface area contributed by atoms with Crippen LogP contribution >= 0.6 is 0 Å². The van der Waals surface area contributed by atoms with Crippen molar-refractivity contribution < 1.29 is 4.21 Å². The van der Waals surface area contributed by atoms with Crippen LogP contribution in [-0.2, 0) is 10.8 Å². The molecule has 0 saturated carbocycles. The number of nitrogens with zero attached hydrogens (tertiary/aromatic N) is 1. The van der Waals surface area contributed by atoms with Gasteiger partial charge < -0.3 is 11.1 Å². The van der Waals surface area contributed by atoms with Crippen LogP contribution in [0.15, 0.2) is 30.3 Å². The van der Waals surface area contributed by atoms with Crippen molar-refractivity contribution in [2.75, 3.05) is 29.6 Å². The first kappa shape index (κ1) is 12.8. The van der Waals surface area contributed by atoms with Gasteiger partial charge in [0.15, 0.2) is 0 Å². The molecule has 96 valence electrons. The number of benzene rings is 1. The van der Waals surface area contributed by atoms with Crippen LogP contribution in [0, 0.1) is 0 Å². The quantitative estimate of drug-likeness (QED) is 0.639. The van der Waals surface area contributed by atoms with Gasteiger partial charge in [-0.05, 0) is 36.8 Å². The topological polar surface area (TPSA) is 68.0 Å². The fraction of sp³-hybridized carbons (Fsp3) is 0.308.